The van der Waals surface area contributed by atoms with Crippen molar-refractivity contribution in [1.82, 2.24) is 34.8 Å². The summed E-state index contributed by atoms with van der Waals surface area (Å²) in [6.45, 7) is 3.83. The van der Waals surface area contributed by atoms with Crippen molar-refractivity contribution >= 4 is 33.6 Å². The normalized spacial score (nSPS) is 19.5. The monoisotopic (exact) mass is 760 g/mol. The molecule has 3 aromatic rings. The summed E-state index contributed by atoms with van der Waals surface area (Å²) >= 11 is 3.15. The van der Waals surface area contributed by atoms with Gasteiger partial charge in [-0.25, -0.2) is 14.3 Å². The van der Waals surface area contributed by atoms with Gasteiger partial charge in [0.25, 0.3) is 0 Å². The Hall–Kier alpha value is -3.85. The Balaban J connectivity index is 1.14. The molecule has 0 radical (unpaired) electrons. The predicted molar refractivity (Wildman–Crippen MR) is 187 cm³/mol. The fourth-order valence-corrected chi connectivity index (χ4v) is 8.15. The van der Waals surface area contributed by atoms with Gasteiger partial charge in [-0.05, 0) is 104 Å². The first-order valence-corrected chi connectivity index (χ1v) is 18.1. The fourth-order valence-electron chi connectivity index (χ4n) is 7.64. The number of nitrogens with one attached hydrogen (secondary N) is 2. The van der Waals surface area contributed by atoms with Crippen LogP contribution in [-0.2, 0) is 17.4 Å². The molecule has 50 heavy (non-hydrogen) atoms. The largest absolute Gasteiger partial charge is 0.418 e. The number of rotatable bonds is 7. The summed E-state index contributed by atoms with van der Waals surface area (Å²) < 4.78 is 43.0. The Morgan fingerprint density at radius 2 is 1.56 bits per heavy atom. The molecule has 3 amide bonds. The van der Waals surface area contributed by atoms with Crippen LogP contribution in [0.1, 0.15) is 55.7 Å². The van der Waals surface area contributed by atoms with Gasteiger partial charge >= 0.3 is 17.9 Å². The maximum absolute atomic E-state index is 14.1. The molecule has 4 heterocycles. The molecule has 11 nitrogen and oxygen atoms in total. The Morgan fingerprint density at radius 3 is 2.18 bits per heavy atom. The van der Waals surface area contributed by atoms with Gasteiger partial charge in [-0.15, -0.1) is 5.10 Å². The maximum Gasteiger partial charge on any atom is 0.418 e. The zero-order chi connectivity index (χ0) is 35.6. The lowest BCUT2D eigenvalue weighted by Gasteiger charge is -2.40. The van der Waals surface area contributed by atoms with Gasteiger partial charge in [-0.1, -0.05) is 30.3 Å². The average molecular weight is 762 g/mol. The number of carbonyl (C=O) groups is 2. The number of amides is 3. The van der Waals surface area contributed by atoms with Crippen LogP contribution in [0.3, 0.4) is 0 Å². The summed E-state index contributed by atoms with van der Waals surface area (Å²) in [5, 5.41) is 7.37. The number of halogens is 4. The second kappa shape index (κ2) is 15.2. The van der Waals surface area contributed by atoms with Crippen LogP contribution in [0.2, 0.25) is 0 Å². The van der Waals surface area contributed by atoms with Gasteiger partial charge in [0.1, 0.15) is 6.04 Å². The molecule has 0 saturated carbocycles. The predicted octanol–water partition coefficient (Wildman–Crippen LogP) is 5.14. The minimum absolute atomic E-state index is 0.0740. The molecule has 3 saturated heterocycles. The first kappa shape index (κ1) is 36.0. The Kier molecular flexibility index (Phi) is 10.9. The van der Waals surface area contributed by atoms with E-state index in [2.05, 4.69) is 43.3 Å². The maximum atomic E-state index is 14.1. The van der Waals surface area contributed by atoms with Crippen molar-refractivity contribution < 1.29 is 22.8 Å². The first-order valence-electron chi connectivity index (χ1n) is 17.3. The molecule has 6 rings (SSSR count). The van der Waals surface area contributed by atoms with Crippen LogP contribution in [0.5, 0.6) is 0 Å². The van der Waals surface area contributed by atoms with Crippen LogP contribution in [0.15, 0.2) is 51.7 Å². The van der Waals surface area contributed by atoms with Gasteiger partial charge in [0, 0.05) is 42.6 Å². The van der Waals surface area contributed by atoms with Gasteiger partial charge in [-0.3, -0.25) is 9.78 Å². The number of aromatic nitrogens is 3. The molecule has 4 N–H and O–H groups in total. The standard InChI is InChI=1S/C35H44BrF3N8O3/c1-44-13-7-23(8-14-44)24-9-15-45(16-10-24)32(48)29(21-22-19-27(35(37,38)39)30(40)28(36)20-22)41-33(49)46-17-11-26(12-18-46)47-34(50)42-31(43-47)25-5-3-2-4-6-25/h2-6,19-20,23-24,26,29H,7-18,21,40H2,1H3,(H,41,49)(H,42,43,50)/t29-/m1/s1. The van der Waals surface area contributed by atoms with Crippen molar-refractivity contribution in [2.45, 2.75) is 63.2 Å². The van der Waals surface area contributed by atoms with E-state index >= 15 is 0 Å². The lowest BCUT2D eigenvalue weighted by molar-refractivity contribution is -0.137. The van der Waals surface area contributed by atoms with Crippen molar-refractivity contribution in [3.05, 3.63) is 68.5 Å². The third-order valence-corrected chi connectivity index (χ3v) is 11.3. The summed E-state index contributed by atoms with van der Waals surface area (Å²) in [6.07, 6.45) is 0.107. The molecule has 270 valence electrons. The van der Waals surface area contributed by atoms with Gasteiger partial charge in [-0.2, -0.15) is 13.2 Å². The van der Waals surface area contributed by atoms with E-state index < -0.39 is 29.5 Å². The molecule has 15 heteroatoms. The number of likely N-dealkylation sites (tertiary alicyclic amines) is 3. The molecule has 1 atom stereocenters. The Morgan fingerprint density at radius 1 is 0.960 bits per heavy atom. The molecule has 0 unspecified atom stereocenters. The number of urea groups is 1. The summed E-state index contributed by atoms with van der Waals surface area (Å²) in [5.41, 5.74) is 5.01. The average Bonchev–Trinajstić information content (AvgIpc) is 3.50. The summed E-state index contributed by atoms with van der Waals surface area (Å²) in [7, 11) is 2.13. The quantitative estimate of drug-likeness (QED) is 0.286. The van der Waals surface area contributed by atoms with Gasteiger partial charge in [0.2, 0.25) is 5.91 Å². The number of alkyl halides is 3. The zero-order valence-corrected chi connectivity index (χ0v) is 29.7. The first-order chi connectivity index (χ1) is 23.9. The number of benzene rings is 2. The van der Waals surface area contributed by atoms with E-state index in [1.54, 1.807) is 9.80 Å². The number of nitrogens with zero attached hydrogens (tertiary/aromatic N) is 5. The highest BCUT2D eigenvalue weighted by Crippen LogP contribution is 2.38. The van der Waals surface area contributed by atoms with Crippen LogP contribution in [0.4, 0.5) is 23.7 Å². The Labute approximate surface area is 297 Å². The number of aromatic amines is 1. The number of carbonyl (C=O) groups excluding carboxylic acids is 2. The summed E-state index contributed by atoms with van der Waals surface area (Å²) in [4.78, 5) is 48.9. The second-order valence-corrected chi connectivity index (χ2v) is 14.7. The van der Waals surface area contributed by atoms with Crippen LogP contribution >= 0.6 is 15.9 Å². The van der Waals surface area contributed by atoms with E-state index in [-0.39, 0.29) is 34.1 Å². The highest BCUT2D eigenvalue weighted by Gasteiger charge is 2.37. The van der Waals surface area contributed by atoms with Gasteiger partial charge in [0.05, 0.1) is 17.3 Å². The lowest BCUT2D eigenvalue weighted by atomic mass is 9.79. The SMILES string of the molecule is CN1CCC(C2CCN(C(=O)[C@@H](Cc3cc(Br)c(N)c(C(F)(F)F)c3)NC(=O)N3CCC(n4nc(-c5ccccc5)[nH]c4=O)CC3)CC2)CC1. The van der Waals surface area contributed by atoms with Crippen molar-refractivity contribution in [2.75, 3.05) is 52.0 Å². The molecule has 0 aliphatic carbocycles. The van der Waals surface area contributed by atoms with Crippen LogP contribution in [0, 0.1) is 11.8 Å². The van der Waals surface area contributed by atoms with E-state index in [1.807, 2.05) is 30.3 Å². The molecule has 3 fully saturated rings. The van der Waals surface area contributed by atoms with Gasteiger partial charge < -0.3 is 25.8 Å². The van der Waals surface area contributed by atoms with Crippen molar-refractivity contribution in [1.29, 1.82) is 0 Å². The van der Waals surface area contributed by atoms with E-state index in [0.717, 1.165) is 50.4 Å². The molecule has 0 spiro atoms. The number of hydrogen-bond donors (Lipinski definition) is 3. The minimum Gasteiger partial charge on any atom is -0.397 e. The summed E-state index contributed by atoms with van der Waals surface area (Å²) in [5.74, 6) is 1.30. The van der Waals surface area contributed by atoms with Crippen LogP contribution < -0.4 is 16.7 Å². The number of hydrogen-bond acceptors (Lipinski definition) is 6. The molecule has 3 aliphatic rings. The van der Waals surface area contributed by atoms with E-state index in [1.165, 1.54) is 10.7 Å². The molecule has 2 aromatic carbocycles. The summed E-state index contributed by atoms with van der Waals surface area (Å²) in [6, 6.07) is 9.96. The van der Waals surface area contributed by atoms with E-state index in [0.29, 0.717) is 56.7 Å². The van der Waals surface area contributed by atoms with Crippen molar-refractivity contribution in [3.8, 4) is 11.4 Å². The molecule has 3 aliphatic heterocycles. The highest BCUT2D eigenvalue weighted by molar-refractivity contribution is 9.10. The number of nitrogens with two attached hydrogens (primary N) is 1. The number of piperidine rings is 3. The van der Waals surface area contributed by atoms with E-state index in [9.17, 15) is 27.6 Å². The second-order valence-electron chi connectivity index (χ2n) is 13.9. The molecular weight excluding hydrogens is 717 g/mol. The molecule has 1 aromatic heterocycles. The number of anilines is 1. The van der Waals surface area contributed by atoms with Crippen molar-refractivity contribution in [2.24, 2.45) is 11.8 Å². The third kappa shape index (κ3) is 8.20. The third-order valence-electron chi connectivity index (χ3n) is 10.6. The fraction of sp³-hybridized carbons (Fsp3) is 0.543. The highest BCUT2D eigenvalue weighted by atomic mass is 79.9. The van der Waals surface area contributed by atoms with E-state index in [4.69, 9.17) is 5.73 Å². The van der Waals surface area contributed by atoms with Crippen LogP contribution in [0.25, 0.3) is 11.4 Å². The van der Waals surface area contributed by atoms with Gasteiger partial charge in [0.15, 0.2) is 5.82 Å². The van der Waals surface area contributed by atoms with Crippen molar-refractivity contribution in [3.63, 3.8) is 0 Å². The minimum atomic E-state index is -4.69. The lowest BCUT2D eigenvalue weighted by Crippen LogP contribution is -2.55. The van der Waals surface area contributed by atoms with Crippen LogP contribution in [-0.4, -0.2) is 93.8 Å². The smallest absolute Gasteiger partial charge is 0.397 e. The topological polar surface area (TPSA) is 133 Å². The zero-order valence-electron chi connectivity index (χ0n) is 28.1. The molecular formula is C35H44BrF3N8O3. The number of H-pyrrole nitrogens is 1. The Bertz CT molecular complexity index is 1710. The number of nitrogen functional groups attached to an aromatic ring is 1. The molecule has 0 bridgehead atoms.